The van der Waals surface area contributed by atoms with Crippen LogP contribution in [0.1, 0.15) is 46.1 Å². The van der Waals surface area contributed by atoms with Crippen molar-refractivity contribution < 1.29 is 23.8 Å². The Morgan fingerprint density at radius 1 is 1.22 bits per heavy atom. The first-order chi connectivity index (χ1) is 12.7. The number of carbonyl (C=O) groups excluding carboxylic acids is 1. The number of hydrogen-bond acceptors (Lipinski definition) is 3. The maximum absolute atomic E-state index is 13.4. The Morgan fingerprint density at radius 2 is 1.85 bits per heavy atom. The van der Waals surface area contributed by atoms with Gasteiger partial charge >= 0.3 is 5.97 Å². The van der Waals surface area contributed by atoms with Gasteiger partial charge in [-0.25, -0.2) is 4.39 Å². The van der Waals surface area contributed by atoms with Crippen molar-refractivity contribution in [3.63, 3.8) is 0 Å². The van der Waals surface area contributed by atoms with E-state index in [0.717, 1.165) is 5.56 Å². The zero-order valence-corrected chi connectivity index (χ0v) is 16.3. The fourth-order valence-corrected chi connectivity index (χ4v) is 2.41. The Labute approximate surface area is 159 Å². The number of carboxylic acid groups (broad SMARTS) is 1. The number of carboxylic acids is 1. The molecular weight excluding hydrogens is 349 g/mol. The fraction of sp³-hybridized carbons (Fsp3) is 0.429. The van der Waals surface area contributed by atoms with Gasteiger partial charge in [-0.2, -0.15) is 0 Å². The molecule has 0 heterocycles. The molecule has 0 spiro atoms. The van der Waals surface area contributed by atoms with E-state index in [2.05, 4.69) is 5.32 Å². The minimum absolute atomic E-state index is 0.0656. The van der Waals surface area contributed by atoms with Crippen molar-refractivity contribution in [1.29, 1.82) is 0 Å². The Kier molecular flexibility index (Phi) is 8.72. The van der Waals surface area contributed by atoms with Crippen LogP contribution in [0.3, 0.4) is 0 Å². The number of halogens is 1. The summed E-state index contributed by atoms with van der Waals surface area (Å²) in [5.41, 5.74) is 0.336. The Balaban J connectivity index is 2.59. The topological polar surface area (TPSA) is 75.6 Å². The molecule has 1 aromatic rings. The van der Waals surface area contributed by atoms with Crippen molar-refractivity contribution in [1.82, 2.24) is 5.32 Å². The van der Waals surface area contributed by atoms with Gasteiger partial charge in [0.05, 0.1) is 0 Å². The molecule has 0 atom stereocenters. The largest absolute Gasteiger partial charge is 0.481 e. The molecule has 0 fully saturated rings. The van der Waals surface area contributed by atoms with Crippen LogP contribution in [0.15, 0.2) is 47.8 Å². The molecule has 1 rings (SSSR count). The molecule has 0 aromatic heterocycles. The van der Waals surface area contributed by atoms with Gasteiger partial charge in [0.25, 0.3) is 5.91 Å². The van der Waals surface area contributed by atoms with Crippen LogP contribution < -0.4 is 10.1 Å². The molecule has 27 heavy (non-hydrogen) atoms. The summed E-state index contributed by atoms with van der Waals surface area (Å²) in [7, 11) is 0. The maximum atomic E-state index is 13.4. The summed E-state index contributed by atoms with van der Waals surface area (Å²) in [4.78, 5) is 23.0. The molecule has 0 radical (unpaired) electrons. The first-order valence-corrected chi connectivity index (χ1v) is 8.91. The first-order valence-electron chi connectivity index (χ1n) is 8.91. The van der Waals surface area contributed by atoms with Crippen LogP contribution in [0.4, 0.5) is 4.39 Å². The zero-order chi connectivity index (χ0) is 20.4. The Hall–Kier alpha value is -2.63. The molecule has 0 aliphatic rings. The number of rotatable bonds is 10. The van der Waals surface area contributed by atoms with Crippen LogP contribution in [-0.4, -0.2) is 29.1 Å². The standard InChI is InChI=1S/C21H28FNO4/c1-5-6-17(15(2)22)13-14-23-20(26)21(3,4)27-18-10-7-16(8-11-18)9-12-19(24)25/h5-8,10-11H,9,12-14H2,1-4H3,(H,23,26)(H,24,25)/b6-5-,17-15-. The number of carbonyl (C=O) groups is 2. The van der Waals surface area contributed by atoms with Gasteiger partial charge in [-0.15, -0.1) is 0 Å². The maximum Gasteiger partial charge on any atom is 0.303 e. The van der Waals surface area contributed by atoms with Crippen molar-refractivity contribution in [3.05, 3.63) is 53.4 Å². The predicted octanol–water partition coefficient (Wildman–Crippen LogP) is 4.19. The van der Waals surface area contributed by atoms with Crippen molar-refractivity contribution in [3.8, 4) is 5.75 Å². The van der Waals surface area contributed by atoms with Crippen LogP contribution in [0, 0.1) is 0 Å². The summed E-state index contributed by atoms with van der Waals surface area (Å²) in [6.45, 7) is 6.82. The van der Waals surface area contributed by atoms with E-state index in [1.165, 1.54) is 6.92 Å². The van der Waals surface area contributed by atoms with Crippen molar-refractivity contribution in [2.45, 2.75) is 52.6 Å². The third-order valence-electron chi connectivity index (χ3n) is 3.96. The van der Waals surface area contributed by atoms with Gasteiger partial charge in [0.1, 0.15) is 11.6 Å². The molecule has 148 valence electrons. The number of benzene rings is 1. The van der Waals surface area contributed by atoms with E-state index < -0.39 is 11.6 Å². The van der Waals surface area contributed by atoms with Gasteiger partial charge < -0.3 is 15.2 Å². The lowest BCUT2D eigenvalue weighted by atomic mass is 10.1. The van der Waals surface area contributed by atoms with Crippen LogP contribution in [-0.2, 0) is 16.0 Å². The number of ether oxygens (including phenoxy) is 1. The minimum Gasteiger partial charge on any atom is -0.481 e. The molecule has 0 bridgehead atoms. The van der Waals surface area contributed by atoms with Gasteiger partial charge in [-0.1, -0.05) is 24.3 Å². The van der Waals surface area contributed by atoms with Crippen LogP contribution >= 0.6 is 0 Å². The highest BCUT2D eigenvalue weighted by Crippen LogP contribution is 2.20. The SMILES string of the molecule is C/C=C\C(CCNC(=O)C(C)(C)Oc1ccc(CCC(=O)O)cc1)=C(/C)F. The molecule has 0 saturated carbocycles. The molecule has 0 aliphatic heterocycles. The summed E-state index contributed by atoms with van der Waals surface area (Å²) in [5.74, 6) is -0.888. The zero-order valence-electron chi connectivity index (χ0n) is 16.3. The lowest BCUT2D eigenvalue weighted by Gasteiger charge is -2.25. The average molecular weight is 377 g/mol. The third kappa shape index (κ3) is 8.07. The average Bonchev–Trinajstić information content (AvgIpc) is 2.59. The molecule has 1 amide bonds. The second-order valence-corrected chi connectivity index (χ2v) is 6.71. The summed E-state index contributed by atoms with van der Waals surface area (Å²) in [6.07, 6.45) is 4.35. The van der Waals surface area contributed by atoms with Crippen LogP contribution in [0.5, 0.6) is 5.75 Å². The number of aryl methyl sites for hydroxylation is 1. The molecular formula is C21H28FNO4. The van der Waals surface area contributed by atoms with E-state index in [-0.39, 0.29) is 18.2 Å². The van der Waals surface area contributed by atoms with E-state index in [1.54, 1.807) is 50.3 Å². The lowest BCUT2D eigenvalue weighted by molar-refractivity contribution is -0.137. The van der Waals surface area contributed by atoms with E-state index >= 15 is 0 Å². The number of nitrogens with one attached hydrogen (secondary N) is 1. The van der Waals surface area contributed by atoms with E-state index in [1.807, 2.05) is 6.92 Å². The Bertz CT molecular complexity index is 701. The highest BCUT2D eigenvalue weighted by atomic mass is 19.1. The quantitative estimate of drug-likeness (QED) is 0.600. The summed E-state index contributed by atoms with van der Waals surface area (Å²) < 4.78 is 19.2. The smallest absolute Gasteiger partial charge is 0.303 e. The highest BCUT2D eigenvalue weighted by molar-refractivity contribution is 5.84. The van der Waals surface area contributed by atoms with Crippen molar-refractivity contribution in [2.24, 2.45) is 0 Å². The molecule has 6 heteroatoms. The molecule has 1 aromatic carbocycles. The number of amides is 1. The fourth-order valence-electron chi connectivity index (χ4n) is 2.41. The van der Waals surface area contributed by atoms with E-state index in [9.17, 15) is 14.0 Å². The number of aliphatic carboxylic acids is 1. The highest BCUT2D eigenvalue weighted by Gasteiger charge is 2.29. The summed E-state index contributed by atoms with van der Waals surface area (Å²) in [5, 5.41) is 11.5. The van der Waals surface area contributed by atoms with Gasteiger partial charge in [-0.05, 0) is 63.8 Å². The van der Waals surface area contributed by atoms with Crippen LogP contribution in [0.25, 0.3) is 0 Å². The molecule has 0 aliphatic carbocycles. The van der Waals surface area contributed by atoms with Crippen molar-refractivity contribution in [2.75, 3.05) is 6.54 Å². The Morgan fingerprint density at radius 3 is 2.37 bits per heavy atom. The van der Waals surface area contributed by atoms with Gasteiger partial charge in [0.15, 0.2) is 5.60 Å². The van der Waals surface area contributed by atoms with Crippen molar-refractivity contribution >= 4 is 11.9 Å². The molecule has 2 N–H and O–H groups in total. The third-order valence-corrected chi connectivity index (χ3v) is 3.96. The van der Waals surface area contributed by atoms with Gasteiger partial charge in [-0.3, -0.25) is 9.59 Å². The molecule has 5 nitrogen and oxygen atoms in total. The second-order valence-electron chi connectivity index (χ2n) is 6.71. The normalized spacial score (nSPS) is 12.6. The second kappa shape index (κ2) is 10.5. The number of allylic oxidation sites excluding steroid dienone is 3. The van der Waals surface area contributed by atoms with E-state index in [0.29, 0.717) is 30.7 Å². The van der Waals surface area contributed by atoms with Gasteiger partial charge in [0, 0.05) is 13.0 Å². The summed E-state index contributed by atoms with van der Waals surface area (Å²) in [6, 6.07) is 6.99. The minimum atomic E-state index is -1.10. The summed E-state index contributed by atoms with van der Waals surface area (Å²) >= 11 is 0. The lowest BCUT2D eigenvalue weighted by Crippen LogP contribution is -2.46. The van der Waals surface area contributed by atoms with Gasteiger partial charge in [0.2, 0.25) is 0 Å². The predicted molar refractivity (Wildman–Crippen MR) is 103 cm³/mol. The molecule has 0 saturated heterocycles. The van der Waals surface area contributed by atoms with Crippen LogP contribution in [0.2, 0.25) is 0 Å². The first kappa shape index (κ1) is 22.4. The monoisotopic (exact) mass is 377 g/mol. The van der Waals surface area contributed by atoms with E-state index in [4.69, 9.17) is 9.84 Å². The molecule has 0 unspecified atom stereocenters. The number of hydrogen-bond donors (Lipinski definition) is 2.